The molecule has 1 N–H and O–H groups in total. The van der Waals surface area contributed by atoms with Crippen LogP contribution in [0.2, 0.25) is 0 Å². The Kier molecular flexibility index (Phi) is 5.14. The number of thiophene rings is 1. The van der Waals surface area contributed by atoms with Gasteiger partial charge in [0, 0.05) is 29.4 Å². The van der Waals surface area contributed by atoms with Crippen LogP contribution in [0.25, 0.3) is 5.76 Å². The summed E-state index contributed by atoms with van der Waals surface area (Å²) in [6.07, 6.45) is 3.28. The Bertz CT molecular complexity index is 1080. The fourth-order valence-electron chi connectivity index (χ4n) is 3.40. The summed E-state index contributed by atoms with van der Waals surface area (Å²) in [4.78, 5) is 32.1. The molecule has 1 saturated heterocycles. The average molecular weight is 406 g/mol. The standard InChI is InChI=1S/C22H18N2O4S/c1-28-16-5-2-4-15(12-16)20(25)18-19(17-6-3-11-29-17)24(22(27)21(18)26)13-14-7-9-23-10-8-14/h2-12,19,25H,13H2,1H3/b20-18-. The lowest BCUT2D eigenvalue weighted by atomic mass is 9.99. The summed E-state index contributed by atoms with van der Waals surface area (Å²) in [7, 11) is 1.53. The van der Waals surface area contributed by atoms with Gasteiger partial charge >= 0.3 is 0 Å². The summed E-state index contributed by atoms with van der Waals surface area (Å²) in [6.45, 7) is 0.241. The van der Waals surface area contributed by atoms with E-state index < -0.39 is 17.7 Å². The van der Waals surface area contributed by atoms with E-state index in [0.717, 1.165) is 10.4 Å². The first-order valence-electron chi connectivity index (χ1n) is 8.95. The van der Waals surface area contributed by atoms with E-state index >= 15 is 0 Å². The lowest BCUT2D eigenvalue weighted by Gasteiger charge is -2.24. The third-order valence-corrected chi connectivity index (χ3v) is 5.72. The molecule has 1 aromatic carbocycles. The largest absolute Gasteiger partial charge is 0.507 e. The number of aliphatic hydroxyl groups excluding tert-OH is 1. The number of hydrogen-bond donors (Lipinski definition) is 1. The predicted molar refractivity (Wildman–Crippen MR) is 109 cm³/mol. The highest BCUT2D eigenvalue weighted by atomic mass is 32.1. The number of carbonyl (C=O) groups excluding carboxylic acids is 2. The van der Waals surface area contributed by atoms with Crippen molar-refractivity contribution < 1.29 is 19.4 Å². The van der Waals surface area contributed by atoms with Crippen LogP contribution in [0.4, 0.5) is 0 Å². The van der Waals surface area contributed by atoms with Gasteiger partial charge in [-0.1, -0.05) is 18.2 Å². The maximum Gasteiger partial charge on any atom is 0.295 e. The molecule has 1 fully saturated rings. The Labute approximate surface area is 171 Å². The second-order valence-corrected chi connectivity index (χ2v) is 7.51. The van der Waals surface area contributed by atoms with Crippen LogP contribution < -0.4 is 4.74 Å². The summed E-state index contributed by atoms with van der Waals surface area (Å²) >= 11 is 1.43. The second kappa shape index (κ2) is 7.89. The monoisotopic (exact) mass is 406 g/mol. The SMILES string of the molecule is COc1cccc(/C(O)=C2/C(=O)C(=O)N(Cc3ccncc3)C2c2cccs2)c1. The van der Waals surface area contributed by atoms with Gasteiger partial charge in [0.1, 0.15) is 11.5 Å². The third-order valence-electron chi connectivity index (χ3n) is 4.80. The minimum atomic E-state index is -0.697. The molecule has 3 aromatic rings. The number of hydrogen-bond acceptors (Lipinski definition) is 6. The van der Waals surface area contributed by atoms with E-state index in [1.165, 1.54) is 23.3 Å². The van der Waals surface area contributed by atoms with E-state index in [9.17, 15) is 14.7 Å². The Morgan fingerprint density at radius 2 is 1.97 bits per heavy atom. The smallest absolute Gasteiger partial charge is 0.295 e. The van der Waals surface area contributed by atoms with Crippen LogP contribution in [-0.4, -0.2) is 33.8 Å². The maximum absolute atomic E-state index is 12.9. The van der Waals surface area contributed by atoms with Gasteiger partial charge < -0.3 is 14.7 Å². The minimum absolute atomic E-state index is 0.0831. The number of aromatic nitrogens is 1. The number of benzene rings is 1. The zero-order valence-electron chi connectivity index (χ0n) is 15.6. The van der Waals surface area contributed by atoms with Crippen molar-refractivity contribution in [3.8, 4) is 5.75 Å². The van der Waals surface area contributed by atoms with Crippen molar-refractivity contribution in [1.29, 1.82) is 0 Å². The molecular weight excluding hydrogens is 388 g/mol. The molecule has 1 aliphatic heterocycles. The molecule has 7 heteroatoms. The van der Waals surface area contributed by atoms with Gasteiger partial charge in [0.05, 0.1) is 18.7 Å². The number of rotatable bonds is 5. The topological polar surface area (TPSA) is 79.7 Å². The lowest BCUT2D eigenvalue weighted by molar-refractivity contribution is -0.140. The second-order valence-electron chi connectivity index (χ2n) is 6.53. The minimum Gasteiger partial charge on any atom is -0.507 e. The summed E-state index contributed by atoms with van der Waals surface area (Å²) in [5.41, 5.74) is 1.36. The molecule has 0 aliphatic carbocycles. The van der Waals surface area contributed by atoms with Gasteiger partial charge in [-0.25, -0.2) is 0 Å². The number of carbonyl (C=O) groups is 2. The van der Waals surface area contributed by atoms with E-state index in [0.29, 0.717) is 11.3 Å². The summed E-state index contributed by atoms with van der Waals surface area (Å²) < 4.78 is 5.21. The van der Waals surface area contributed by atoms with Crippen LogP contribution in [0.5, 0.6) is 5.75 Å². The molecule has 0 saturated carbocycles. The van der Waals surface area contributed by atoms with Gasteiger partial charge in [-0.2, -0.15) is 0 Å². The van der Waals surface area contributed by atoms with Crippen molar-refractivity contribution in [2.75, 3.05) is 7.11 Å². The highest BCUT2D eigenvalue weighted by molar-refractivity contribution is 7.10. The van der Waals surface area contributed by atoms with Crippen molar-refractivity contribution in [1.82, 2.24) is 9.88 Å². The van der Waals surface area contributed by atoms with Gasteiger partial charge in [-0.05, 0) is 41.3 Å². The number of likely N-dealkylation sites (tertiary alicyclic amines) is 1. The number of ketones is 1. The van der Waals surface area contributed by atoms with Gasteiger partial charge in [0.25, 0.3) is 11.7 Å². The van der Waals surface area contributed by atoms with Gasteiger partial charge in [0.15, 0.2) is 0 Å². The molecule has 0 bridgehead atoms. The maximum atomic E-state index is 12.9. The van der Waals surface area contributed by atoms with Crippen molar-refractivity contribution in [3.05, 3.63) is 87.9 Å². The van der Waals surface area contributed by atoms with E-state index in [4.69, 9.17) is 4.74 Å². The Morgan fingerprint density at radius 1 is 1.17 bits per heavy atom. The van der Waals surface area contributed by atoms with Crippen molar-refractivity contribution in [2.24, 2.45) is 0 Å². The van der Waals surface area contributed by atoms with E-state index in [1.807, 2.05) is 17.5 Å². The third kappa shape index (κ3) is 3.52. The van der Waals surface area contributed by atoms with E-state index in [2.05, 4.69) is 4.98 Å². The van der Waals surface area contributed by atoms with Crippen LogP contribution in [-0.2, 0) is 16.1 Å². The molecule has 1 aliphatic rings. The first-order valence-corrected chi connectivity index (χ1v) is 9.83. The van der Waals surface area contributed by atoms with Crippen LogP contribution in [0, 0.1) is 0 Å². The normalized spacial score (nSPS) is 18.2. The average Bonchev–Trinajstić information content (AvgIpc) is 3.37. The Morgan fingerprint density at radius 3 is 2.66 bits per heavy atom. The van der Waals surface area contributed by atoms with E-state index in [1.54, 1.807) is 48.8 Å². The fourth-order valence-corrected chi connectivity index (χ4v) is 4.24. The molecule has 3 heterocycles. The zero-order chi connectivity index (χ0) is 20.4. The lowest BCUT2D eigenvalue weighted by Crippen LogP contribution is -2.28. The summed E-state index contributed by atoms with van der Waals surface area (Å²) in [5, 5.41) is 12.9. The Balaban J connectivity index is 1.83. The number of aliphatic hydroxyl groups is 1. The molecule has 2 aromatic heterocycles. The van der Waals surface area contributed by atoms with Crippen LogP contribution in [0.15, 0.2) is 71.9 Å². The molecule has 0 radical (unpaired) electrons. The number of ether oxygens (including phenoxy) is 1. The van der Waals surface area contributed by atoms with Crippen molar-refractivity contribution >= 4 is 28.8 Å². The van der Waals surface area contributed by atoms with Gasteiger partial charge in [0.2, 0.25) is 0 Å². The van der Waals surface area contributed by atoms with Gasteiger partial charge in [-0.3, -0.25) is 14.6 Å². The summed E-state index contributed by atoms with van der Waals surface area (Å²) in [5.74, 6) is -0.993. The Hall–Kier alpha value is -3.45. The zero-order valence-corrected chi connectivity index (χ0v) is 16.4. The number of nitrogens with zero attached hydrogens (tertiary/aromatic N) is 2. The molecule has 1 amide bonds. The molecule has 1 atom stereocenters. The number of Topliss-reactive ketones (excluding diaryl/α,β-unsaturated/α-hetero) is 1. The molecule has 1 unspecified atom stereocenters. The number of amides is 1. The van der Waals surface area contributed by atoms with Crippen molar-refractivity contribution in [2.45, 2.75) is 12.6 Å². The first-order chi connectivity index (χ1) is 14.1. The molecule has 6 nitrogen and oxygen atoms in total. The van der Waals surface area contributed by atoms with Crippen LogP contribution in [0.3, 0.4) is 0 Å². The molecule has 146 valence electrons. The quantitative estimate of drug-likeness (QED) is 0.396. The van der Waals surface area contributed by atoms with Crippen molar-refractivity contribution in [3.63, 3.8) is 0 Å². The van der Waals surface area contributed by atoms with Crippen LogP contribution in [0.1, 0.15) is 22.0 Å². The fraction of sp³-hybridized carbons (Fsp3) is 0.136. The molecule has 29 heavy (non-hydrogen) atoms. The highest BCUT2D eigenvalue weighted by Gasteiger charge is 2.46. The first kappa shape index (κ1) is 18.9. The summed E-state index contributed by atoms with van der Waals surface area (Å²) in [6, 6.07) is 13.4. The predicted octanol–water partition coefficient (Wildman–Crippen LogP) is 3.77. The number of methoxy groups -OCH3 is 1. The van der Waals surface area contributed by atoms with Crippen LogP contribution >= 0.6 is 11.3 Å². The van der Waals surface area contributed by atoms with Gasteiger partial charge in [-0.15, -0.1) is 11.3 Å². The van der Waals surface area contributed by atoms with E-state index in [-0.39, 0.29) is 17.9 Å². The molecule has 4 rings (SSSR count). The highest BCUT2D eigenvalue weighted by Crippen LogP contribution is 2.42. The molecule has 0 spiro atoms. The molecular formula is C22H18N2O4S. The number of pyridine rings is 1.